The molecule has 0 heterocycles. The number of rotatable bonds is 11. The zero-order chi connectivity index (χ0) is 18.1. The topological polar surface area (TPSA) is 103 Å². The second-order valence-electron chi connectivity index (χ2n) is 6.85. The lowest BCUT2D eigenvalue weighted by Gasteiger charge is -2.30. The molecule has 23 heavy (non-hydrogen) atoms. The summed E-state index contributed by atoms with van der Waals surface area (Å²) in [6, 6.07) is 0. The molecule has 0 aromatic carbocycles. The number of aliphatic hydroxyl groups excluding tert-OH is 1. The van der Waals surface area contributed by atoms with Crippen LogP contribution in [0.5, 0.6) is 0 Å². The van der Waals surface area contributed by atoms with E-state index in [1.54, 1.807) is 6.92 Å². The zero-order valence-electron chi connectivity index (χ0n) is 15.3. The number of aliphatic hydroxyl groups is 1. The molecule has 1 atom stereocenters. The molecule has 0 spiro atoms. The lowest BCUT2D eigenvalue weighted by molar-refractivity contribution is -0.140. The summed E-state index contributed by atoms with van der Waals surface area (Å²) in [6.45, 7) is 11.0. The number of esters is 1. The summed E-state index contributed by atoms with van der Waals surface area (Å²) in [6.07, 6.45) is 0.954. The average molecular weight is 331 g/mol. The fourth-order valence-corrected chi connectivity index (χ4v) is 1.96. The SMILES string of the molecule is COC(=O)CC/C(=N/O)C(C)(C)NCCCNC(C)(C)C(C)O. The smallest absolute Gasteiger partial charge is 0.305 e. The van der Waals surface area contributed by atoms with E-state index in [0.29, 0.717) is 18.7 Å². The van der Waals surface area contributed by atoms with Crippen LogP contribution in [0.25, 0.3) is 0 Å². The van der Waals surface area contributed by atoms with Crippen molar-refractivity contribution in [2.24, 2.45) is 5.16 Å². The van der Waals surface area contributed by atoms with Gasteiger partial charge in [0.2, 0.25) is 0 Å². The minimum atomic E-state index is -0.511. The van der Waals surface area contributed by atoms with E-state index in [1.165, 1.54) is 7.11 Å². The number of nitrogens with zero attached hydrogens (tertiary/aromatic N) is 1. The van der Waals surface area contributed by atoms with Crippen LogP contribution in [0.1, 0.15) is 53.9 Å². The Morgan fingerprint density at radius 3 is 2.22 bits per heavy atom. The molecule has 1 unspecified atom stereocenters. The molecule has 0 aromatic rings. The Morgan fingerprint density at radius 2 is 1.74 bits per heavy atom. The minimum absolute atomic E-state index is 0.186. The number of hydrogen-bond acceptors (Lipinski definition) is 7. The molecule has 0 aromatic heterocycles. The third-order valence-electron chi connectivity index (χ3n) is 4.18. The van der Waals surface area contributed by atoms with Crippen LogP contribution in [0.4, 0.5) is 0 Å². The predicted octanol–water partition coefficient (Wildman–Crippen LogP) is 1.28. The van der Waals surface area contributed by atoms with E-state index in [1.807, 2.05) is 27.7 Å². The molecular formula is C16H33N3O4. The van der Waals surface area contributed by atoms with Gasteiger partial charge in [0.1, 0.15) is 0 Å². The first-order chi connectivity index (χ1) is 10.6. The van der Waals surface area contributed by atoms with Crippen LogP contribution in [0, 0.1) is 0 Å². The van der Waals surface area contributed by atoms with Crippen LogP contribution in [-0.4, -0.2) is 59.4 Å². The van der Waals surface area contributed by atoms with Crippen LogP contribution >= 0.6 is 0 Å². The van der Waals surface area contributed by atoms with Gasteiger partial charge in [-0.15, -0.1) is 0 Å². The predicted molar refractivity (Wildman–Crippen MR) is 90.9 cm³/mol. The molecule has 0 saturated carbocycles. The van der Waals surface area contributed by atoms with Gasteiger partial charge in [-0.2, -0.15) is 0 Å². The molecule has 0 fully saturated rings. The second kappa shape index (κ2) is 9.85. The van der Waals surface area contributed by atoms with E-state index in [2.05, 4.69) is 20.5 Å². The van der Waals surface area contributed by atoms with Gasteiger partial charge < -0.3 is 25.7 Å². The van der Waals surface area contributed by atoms with Crippen molar-refractivity contribution < 1.29 is 19.8 Å². The molecule has 0 amide bonds. The summed E-state index contributed by atoms with van der Waals surface area (Å²) in [5, 5.41) is 28.8. The number of carbonyl (C=O) groups is 1. The number of carbonyl (C=O) groups excluding carboxylic acids is 1. The van der Waals surface area contributed by atoms with Crippen molar-refractivity contribution in [3.8, 4) is 0 Å². The molecule has 7 heteroatoms. The molecule has 0 bridgehead atoms. The molecule has 0 radical (unpaired) electrons. The maximum atomic E-state index is 11.2. The second-order valence-corrected chi connectivity index (χ2v) is 6.85. The van der Waals surface area contributed by atoms with Crippen LogP contribution < -0.4 is 10.6 Å². The maximum Gasteiger partial charge on any atom is 0.305 e. The van der Waals surface area contributed by atoms with E-state index in [4.69, 9.17) is 0 Å². The Balaban J connectivity index is 4.23. The van der Waals surface area contributed by atoms with E-state index in [-0.39, 0.29) is 17.9 Å². The number of nitrogens with one attached hydrogen (secondary N) is 2. The van der Waals surface area contributed by atoms with Crippen molar-refractivity contribution in [1.29, 1.82) is 0 Å². The van der Waals surface area contributed by atoms with Crippen LogP contribution in [0.15, 0.2) is 5.16 Å². The summed E-state index contributed by atoms with van der Waals surface area (Å²) < 4.78 is 4.60. The van der Waals surface area contributed by atoms with E-state index < -0.39 is 11.6 Å². The van der Waals surface area contributed by atoms with Gasteiger partial charge >= 0.3 is 5.97 Å². The standard InChI is InChI=1S/C16H33N3O4/c1-12(20)15(2,3)17-10-7-11-18-16(4,5)13(19-22)8-9-14(21)23-6/h12,17-18,20,22H,7-11H2,1-6H3/b19-13-. The first-order valence-electron chi connectivity index (χ1n) is 8.03. The van der Waals surface area contributed by atoms with Gasteiger partial charge in [0, 0.05) is 12.0 Å². The van der Waals surface area contributed by atoms with Crippen molar-refractivity contribution in [3.05, 3.63) is 0 Å². The quantitative estimate of drug-likeness (QED) is 0.149. The third kappa shape index (κ3) is 8.29. The Bertz CT molecular complexity index is 393. The Hall–Kier alpha value is -1.18. The summed E-state index contributed by atoms with van der Waals surface area (Å²) in [7, 11) is 1.34. The van der Waals surface area contributed by atoms with E-state index in [0.717, 1.165) is 13.0 Å². The Morgan fingerprint density at radius 1 is 1.17 bits per heavy atom. The summed E-state index contributed by atoms with van der Waals surface area (Å²) in [4.78, 5) is 11.2. The molecule has 0 aliphatic rings. The van der Waals surface area contributed by atoms with Crippen LogP contribution in [0.2, 0.25) is 0 Å². The largest absolute Gasteiger partial charge is 0.469 e. The van der Waals surface area contributed by atoms with Crippen LogP contribution in [-0.2, 0) is 9.53 Å². The molecular weight excluding hydrogens is 298 g/mol. The highest BCUT2D eigenvalue weighted by Crippen LogP contribution is 2.12. The average Bonchev–Trinajstić information content (AvgIpc) is 2.46. The molecule has 0 aliphatic heterocycles. The Kier molecular flexibility index (Phi) is 9.34. The molecule has 4 N–H and O–H groups in total. The van der Waals surface area contributed by atoms with Gasteiger partial charge in [0.25, 0.3) is 0 Å². The highest BCUT2D eigenvalue weighted by Gasteiger charge is 2.26. The normalized spacial score (nSPS) is 14.7. The first-order valence-corrected chi connectivity index (χ1v) is 8.03. The van der Waals surface area contributed by atoms with Gasteiger partial charge in [-0.1, -0.05) is 5.16 Å². The van der Waals surface area contributed by atoms with E-state index >= 15 is 0 Å². The molecule has 0 aliphatic carbocycles. The Labute approximate surface area is 139 Å². The van der Waals surface area contributed by atoms with Crippen molar-refractivity contribution in [3.63, 3.8) is 0 Å². The van der Waals surface area contributed by atoms with Gasteiger partial charge in [-0.3, -0.25) is 4.79 Å². The number of oxime groups is 1. The highest BCUT2D eigenvalue weighted by atomic mass is 16.5. The fourth-order valence-electron chi connectivity index (χ4n) is 1.96. The van der Waals surface area contributed by atoms with Gasteiger partial charge in [-0.25, -0.2) is 0 Å². The van der Waals surface area contributed by atoms with Gasteiger partial charge in [-0.05, 0) is 54.1 Å². The molecule has 0 rings (SSSR count). The van der Waals surface area contributed by atoms with Gasteiger partial charge in [0.15, 0.2) is 0 Å². The van der Waals surface area contributed by atoms with Crippen LogP contribution in [0.3, 0.4) is 0 Å². The first kappa shape index (κ1) is 21.8. The summed E-state index contributed by atoms with van der Waals surface area (Å²) >= 11 is 0. The molecule has 136 valence electrons. The molecule has 7 nitrogen and oxygen atoms in total. The highest BCUT2D eigenvalue weighted by molar-refractivity contribution is 5.94. The van der Waals surface area contributed by atoms with Gasteiger partial charge in [0.05, 0.1) is 30.9 Å². The lowest BCUT2D eigenvalue weighted by Crippen LogP contribution is -2.50. The van der Waals surface area contributed by atoms with Crippen molar-refractivity contribution in [2.75, 3.05) is 20.2 Å². The van der Waals surface area contributed by atoms with Crippen molar-refractivity contribution in [1.82, 2.24) is 10.6 Å². The number of hydrogen-bond donors (Lipinski definition) is 4. The number of methoxy groups -OCH3 is 1. The van der Waals surface area contributed by atoms with Crippen molar-refractivity contribution in [2.45, 2.75) is 71.1 Å². The molecule has 0 saturated heterocycles. The maximum absolute atomic E-state index is 11.2. The summed E-state index contributed by atoms with van der Waals surface area (Å²) in [5.74, 6) is -0.327. The fraction of sp³-hybridized carbons (Fsp3) is 0.875. The lowest BCUT2D eigenvalue weighted by atomic mass is 9.94. The van der Waals surface area contributed by atoms with Crippen molar-refractivity contribution >= 4 is 11.7 Å². The van der Waals surface area contributed by atoms with E-state index in [9.17, 15) is 15.1 Å². The third-order valence-corrected chi connectivity index (χ3v) is 4.18. The summed E-state index contributed by atoms with van der Waals surface area (Å²) in [5.41, 5.74) is -0.323. The number of ether oxygens (including phenoxy) is 1. The zero-order valence-corrected chi connectivity index (χ0v) is 15.3. The monoisotopic (exact) mass is 331 g/mol. The minimum Gasteiger partial charge on any atom is -0.469 e.